The van der Waals surface area contributed by atoms with Crippen LogP contribution in [0.1, 0.15) is 62.0 Å². The van der Waals surface area contributed by atoms with Crippen LogP contribution >= 0.6 is 0 Å². The molecule has 252 valence electrons. The number of likely N-dealkylation sites (tertiary alicyclic amines) is 1. The Labute approximate surface area is 275 Å². The molecule has 5 rings (SSSR count). The molecule has 0 bridgehead atoms. The van der Waals surface area contributed by atoms with Crippen LogP contribution in [0.4, 0.5) is 18.9 Å². The molecule has 48 heavy (non-hydrogen) atoms. The average molecular weight is 664 g/mol. The van der Waals surface area contributed by atoms with Gasteiger partial charge >= 0.3 is 6.18 Å². The first-order chi connectivity index (χ1) is 22.4. The summed E-state index contributed by atoms with van der Waals surface area (Å²) in [6.45, 7) is 7.19. The topological polar surface area (TPSA) is 140 Å². The van der Waals surface area contributed by atoms with Gasteiger partial charge in [-0.25, -0.2) is 4.68 Å². The smallest absolute Gasteiger partial charge is 0.340 e. The van der Waals surface area contributed by atoms with Crippen molar-refractivity contribution in [3.63, 3.8) is 0 Å². The maximum absolute atomic E-state index is 14.3. The molecule has 0 radical (unpaired) electrons. The van der Waals surface area contributed by atoms with E-state index in [-0.39, 0.29) is 30.9 Å². The molecule has 1 fully saturated rings. The fraction of sp³-hybridized carbons (Fsp3) is 0.412. The van der Waals surface area contributed by atoms with E-state index in [2.05, 4.69) is 21.8 Å². The average Bonchev–Trinajstić information content (AvgIpc) is 3.75. The van der Waals surface area contributed by atoms with Gasteiger partial charge < -0.3 is 20.4 Å². The summed E-state index contributed by atoms with van der Waals surface area (Å²) in [5, 5.41) is 19.6. The molecule has 0 saturated carbocycles. The zero-order valence-electron chi connectivity index (χ0n) is 27.1. The second kappa shape index (κ2) is 12.4. The minimum Gasteiger partial charge on any atom is -0.340 e. The third-order valence-corrected chi connectivity index (χ3v) is 8.84. The van der Waals surface area contributed by atoms with Crippen molar-refractivity contribution in [3.05, 3.63) is 77.6 Å². The second-order valence-electron chi connectivity index (χ2n) is 13.5. The first-order valence-electron chi connectivity index (χ1n) is 15.4. The highest BCUT2D eigenvalue weighted by atomic mass is 19.4. The van der Waals surface area contributed by atoms with Crippen molar-refractivity contribution in [2.45, 2.75) is 70.3 Å². The molecule has 4 amide bonds. The van der Waals surface area contributed by atoms with Crippen LogP contribution in [0.5, 0.6) is 0 Å². The number of nitrogens with one attached hydrogen (secondary N) is 2. The number of rotatable bonds is 7. The molecular weight excluding hydrogens is 627 g/mol. The van der Waals surface area contributed by atoms with Gasteiger partial charge in [-0.3, -0.25) is 19.2 Å². The summed E-state index contributed by atoms with van der Waals surface area (Å²) in [5.74, 6) is -1.97. The molecule has 3 heterocycles. The number of carbonyl (C=O) groups excluding carboxylic acids is 4. The number of hydrogen-bond acceptors (Lipinski definition) is 6. The lowest BCUT2D eigenvalue weighted by atomic mass is 9.80. The number of alkyl halides is 3. The van der Waals surface area contributed by atoms with Gasteiger partial charge in [-0.05, 0) is 54.7 Å². The fourth-order valence-corrected chi connectivity index (χ4v) is 6.33. The molecule has 4 atom stereocenters. The number of aromatic nitrogens is 2. The molecule has 0 aliphatic carbocycles. The van der Waals surface area contributed by atoms with E-state index in [9.17, 15) is 37.6 Å². The highest BCUT2D eigenvalue weighted by molar-refractivity contribution is 6.07. The van der Waals surface area contributed by atoms with E-state index in [4.69, 9.17) is 0 Å². The Bertz CT molecular complexity index is 1790. The number of nitriles is 1. The molecule has 1 spiro atoms. The lowest BCUT2D eigenvalue weighted by Gasteiger charge is -2.36. The summed E-state index contributed by atoms with van der Waals surface area (Å²) in [6, 6.07) is 10.6. The van der Waals surface area contributed by atoms with Gasteiger partial charge in [0.1, 0.15) is 18.1 Å². The highest BCUT2D eigenvalue weighted by Gasteiger charge is 2.57. The van der Waals surface area contributed by atoms with Crippen LogP contribution < -0.4 is 10.6 Å². The standard InChI is InChI=1S/C34H36F3N7O4/c1-20(40-28(45)21-17-39-44(18-21)23-12-10-22(11-13-23)34(35,36)37)29(46)42(5)27(15-32(2,3)4)30(47)43-19-33(14-24(43)16-38)25-8-6-7-9-26(25)41-31(33)48/h6-13,17-18,20,24,27H,14-15,19H2,1-5H3,(H,40,45)(H,41,48)/t20-,24-,27-,33-/m0/s1. The molecule has 2 aliphatic rings. The maximum atomic E-state index is 14.3. The van der Waals surface area contributed by atoms with E-state index in [0.717, 1.165) is 17.7 Å². The van der Waals surface area contributed by atoms with Gasteiger partial charge in [-0.15, -0.1) is 0 Å². The summed E-state index contributed by atoms with van der Waals surface area (Å²) in [4.78, 5) is 57.0. The number of benzene rings is 2. The van der Waals surface area contributed by atoms with Gasteiger partial charge in [0.15, 0.2) is 0 Å². The van der Waals surface area contributed by atoms with Gasteiger partial charge in [0.25, 0.3) is 5.91 Å². The number of halogens is 3. The van der Waals surface area contributed by atoms with E-state index in [1.54, 1.807) is 18.2 Å². The second-order valence-corrected chi connectivity index (χ2v) is 13.5. The Kier molecular flexibility index (Phi) is 8.85. The van der Waals surface area contributed by atoms with Crippen molar-refractivity contribution >= 4 is 29.3 Å². The molecule has 1 aromatic heterocycles. The highest BCUT2D eigenvalue weighted by Crippen LogP contribution is 2.46. The minimum atomic E-state index is -4.49. The van der Waals surface area contributed by atoms with Gasteiger partial charge in [0, 0.05) is 31.9 Å². The van der Waals surface area contributed by atoms with E-state index < -0.39 is 58.4 Å². The summed E-state index contributed by atoms with van der Waals surface area (Å²) in [5.41, 5.74) is -0.612. The third-order valence-electron chi connectivity index (χ3n) is 8.84. The number of likely N-dealkylation sites (N-methyl/N-ethyl adjacent to an activating group) is 1. The molecule has 2 aliphatic heterocycles. The predicted molar refractivity (Wildman–Crippen MR) is 169 cm³/mol. The number of para-hydroxylation sites is 1. The number of carbonyl (C=O) groups is 4. The molecular formula is C34H36F3N7O4. The van der Waals surface area contributed by atoms with Crippen LogP contribution in [0.25, 0.3) is 5.69 Å². The number of nitrogens with zero attached hydrogens (tertiary/aromatic N) is 5. The van der Waals surface area contributed by atoms with E-state index in [1.807, 2.05) is 26.8 Å². The van der Waals surface area contributed by atoms with Gasteiger partial charge in [-0.1, -0.05) is 39.0 Å². The summed E-state index contributed by atoms with van der Waals surface area (Å²) in [7, 11) is 1.47. The molecule has 11 nitrogen and oxygen atoms in total. The van der Waals surface area contributed by atoms with Crippen molar-refractivity contribution in [2.24, 2.45) is 5.41 Å². The van der Waals surface area contributed by atoms with Crippen LogP contribution in [0.3, 0.4) is 0 Å². The van der Waals surface area contributed by atoms with Crippen LogP contribution in [0.15, 0.2) is 60.9 Å². The first-order valence-corrected chi connectivity index (χ1v) is 15.4. The summed E-state index contributed by atoms with van der Waals surface area (Å²) < 4.78 is 40.0. The Balaban J connectivity index is 1.31. The van der Waals surface area contributed by atoms with E-state index >= 15 is 0 Å². The van der Waals surface area contributed by atoms with Gasteiger partial charge in [0.05, 0.1) is 34.5 Å². The minimum absolute atomic E-state index is 0.0230. The van der Waals surface area contributed by atoms with E-state index in [0.29, 0.717) is 11.4 Å². The van der Waals surface area contributed by atoms with Crippen molar-refractivity contribution in [2.75, 3.05) is 18.9 Å². The van der Waals surface area contributed by atoms with Crippen LogP contribution in [-0.4, -0.2) is 74.9 Å². The first kappa shape index (κ1) is 34.2. The molecule has 2 aromatic carbocycles. The van der Waals surface area contributed by atoms with Crippen LogP contribution in [0.2, 0.25) is 0 Å². The molecule has 1 saturated heterocycles. The van der Waals surface area contributed by atoms with Crippen molar-refractivity contribution in [1.29, 1.82) is 5.26 Å². The van der Waals surface area contributed by atoms with Crippen LogP contribution in [0, 0.1) is 16.7 Å². The van der Waals surface area contributed by atoms with Crippen molar-refractivity contribution < 1.29 is 32.3 Å². The number of fused-ring (bicyclic) bond motifs is 2. The van der Waals surface area contributed by atoms with Crippen molar-refractivity contribution in [1.82, 2.24) is 24.9 Å². The SMILES string of the molecule is C[C@H](NC(=O)c1cnn(-c2ccc(C(F)(F)F)cc2)c1)C(=O)N(C)[C@@H](CC(C)(C)C)C(=O)N1C[C@]2(C[C@H]1C#N)C(=O)Nc1ccccc12. The Morgan fingerprint density at radius 1 is 1.15 bits per heavy atom. The van der Waals surface area contributed by atoms with Crippen molar-refractivity contribution in [3.8, 4) is 11.8 Å². The fourth-order valence-electron chi connectivity index (χ4n) is 6.33. The summed E-state index contributed by atoms with van der Waals surface area (Å²) >= 11 is 0. The molecule has 3 aromatic rings. The van der Waals surface area contributed by atoms with E-state index in [1.165, 1.54) is 53.0 Å². The quantitative estimate of drug-likeness (QED) is 0.387. The maximum Gasteiger partial charge on any atom is 0.416 e. The van der Waals surface area contributed by atoms with Crippen LogP contribution in [-0.2, 0) is 26.0 Å². The van der Waals surface area contributed by atoms with Gasteiger partial charge in [-0.2, -0.15) is 23.5 Å². The molecule has 2 N–H and O–H groups in total. The summed E-state index contributed by atoms with van der Waals surface area (Å²) in [6.07, 6.45) is -1.59. The number of amides is 4. The normalized spacial score (nSPS) is 20.1. The Morgan fingerprint density at radius 2 is 1.81 bits per heavy atom. The molecule has 14 heteroatoms. The number of anilines is 1. The zero-order chi connectivity index (χ0) is 35.2. The lowest BCUT2D eigenvalue weighted by Crippen LogP contribution is -2.56. The zero-order valence-corrected chi connectivity index (χ0v) is 27.1. The monoisotopic (exact) mass is 663 g/mol. The predicted octanol–water partition coefficient (Wildman–Crippen LogP) is 4.29. The Hall–Kier alpha value is -5.19. The van der Waals surface area contributed by atoms with Gasteiger partial charge in [0.2, 0.25) is 17.7 Å². The largest absolute Gasteiger partial charge is 0.416 e. The number of hydrogen-bond donors (Lipinski definition) is 2. The third kappa shape index (κ3) is 6.49. The lowest BCUT2D eigenvalue weighted by molar-refractivity contribution is -0.146. The Morgan fingerprint density at radius 3 is 2.44 bits per heavy atom. The molecule has 0 unspecified atom stereocenters.